The van der Waals surface area contributed by atoms with E-state index >= 15 is 0 Å². The second-order valence-corrected chi connectivity index (χ2v) is 8.72. The number of furan rings is 1. The van der Waals surface area contributed by atoms with Crippen LogP contribution in [0.1, 0.15) is 27.7 Å². The molecule has 1 aliphatic rings. The molecule has 1 saturated heterocycles. The van der Waals surface area contributed by atoms with E-state index in [0.29, 0.717) is 0 Å². The van der Waals surface area contributed by atoms with Crippen LogP contribution < -0.4 is 5.46 Å². The first-order valence-corrected chi connectivity index (χ1v) is 9.37. The maximum absolute atomic E-state index is 6.29. The van der Waals surface area contributed by atoms with Crippen molar-refractivity contribution in [1.82, 2.24) is 0 Å². The summed E-state index contributed by atoms with van der Waals surface area (Å²) in [6, 6.07) is 14.5. The molecular weight excluding hydrogens is 331 g/mol. The summed E-state index contributed by atoms with van der Waals surface area (Å²) >= 11 is 1.77. The molecule has 25 heavy (non-hydrogen) atoms. The first kappa shape index (κ1) is 15.4. The Morgan fingerprint density at radius 2 is 1.60 bits per heavy atom. The van der Waals surface area contributed by atoms with Gasteiger partial charge >= 0.3 is 7.12 Å². The lowest BCUT2D eigenvalue weighted by molar-refractivity contribution is 0.00578. The molecule has 0 bridgehead atoms. The number of thiophene rings is 1. The van der Waals surface area contributed by atoms with Gasteiger partial charge in [-0.1, -0.05) is 24.3 Å². The minimum absolute atomic E-state index is 0.358. The lowest BCUT2D eigenvalue weighted by Gasteiger charge is -2.32. The summed E-state index contributed by atoms with van der Waals surface area (Å²) in [7, 11) is -0.389. The highest BCUT2D eigenvalue weighted by molar-refractivity contribution is 7.26. The molecule has 2 aromatic heterocycles. The molecule has 0 unspecified atom stereocenters. The first-order valence-electron chi connectivity index (χ1n) is 8.56. The molecule has 3 nitrogen and oxygen atoms in total. The van der Waals surface area contributed by atoms with E-state index in [9.17, 15) is 0 Å². The Hall–Kier alpha value is -1.82. The Bertz CT molecular complexity index is 1110. The van der Waals surface area contributed by atoms with Gasteiger partial charge < -0.3 is 13.7 Å². The van der Waals surface area contributed by atoms with Gasteiger partial charge in [0.05, 0.1) is 15.9 Å². The standard InChI is InChI=1S/C20H19BO3S/c1-19(2)20(3,4)24-21(23-19)13-9-7-10-14-16(13)18-17(22-14)12-8-5-6-11-15(12)25-18/h5-11H,1-4H3. The second-order valence-electron chi connectivity index (χ2n) is 7.67. The van der Waals surface area contributed by atoms with Gasteiger partial charge in [0.15, 0.2) is 5.58 Å². The summed E-state index contributed by atoms with van der Waals surface area (Å²) in [5.74, 6) is 0. The highest BCUT2D eigenvalue weighted by atomic mass is 32.1. The third-order valence-electron chi connectivity index (χ3n) is 5.55. The molecule has 0 spiro atoms. The molecule has 126 valence electrons. The third kappa shape index (κ3) is 2.06. The Balaban J connectivity index is 1.78. The number of hydrogen-bond donors (Lipinski definition) is 0. The predicted octanol–water partition coefficient (Wildman–Crippen LogP) is 5.10. The molecule has 0 aliphatic carbocycles. The summed E-state index contributed by atoms with van der Waals surface area (Å²) in [5, 5.41) is 2.27. The van der Waals surface area contributed by atoms with Crippen LogP contribution in [-0.4, -0.2) is 18.3 Å². The normalized spacial score (nSPS) is 19.4. The average molecular weight is 350 g/mol. The van der Waals surface area contributed by atoms with E-state index in [-0.39, 0.29) is 18.3 Å². The van der Waals surface area contributed by atoms with Gasteiger partial charge in [-0.15, -0.1) is 11.3 Å². The van der Waals surface area contributed by atoms with Gasteiger partial charge in [0.25, 0.3) is 0 Å². The van der Waals surface area contributed by atoms with Crippen LogP contribution in [0.15, 0.2) is 46.9 Å². The second kappa shape index (κ2) is 4.88. The molecule has 2 aromatic carbocycles. The van der Waals surface area contributed by atoms with Crippen LogP contribution in [0.5, 0.6) is 0 Å². The molecule has 0 N–H and O–H groups in total. The minimum atomic E-state index is -0.389. The zero-order valence-electron chi connectivity index (χ0n) is 14.8. The van der Waals surface area contributed by atoms with Crippen molar-refractivity contribution in [2.24, 2.45) is 0 Å². The third-order valence-corrected chi connectivity index (χ3v) is 6.72. The van der Waals surface area contributed by atoms with Crippen LogP contribution >= 0.6 is 11.3 Å². The fourth-order valence-corrected chi connectivity index (χ4v) is 4.64. The summed E-state index contributed by atoms with van der Waals surface area (Å²) < 4.78 is 21.2. The van der Waals surface area contributed by atoms with E-state index in [1.165, 1.54) is 14.8 Å². The van der Waals surface area contributed by atoms with E-state index in [0.717, 1.165) is 22.0 Å². The quantitative estimate of drug-likeness (QED) is 0.448. The SMILES string of the molecule is CC1(C)OB(c2cccc3oc4c5ccccc5sc4c23)OC1(C)C. The molecular formula is C20H19BO3S. The lowest BCUT2D eigenvalue weighted by Crippen LogP contribution is -2.41. The van der Waals surface area contributed by atoms with Crippen molar-refractivity contribution in [3.8, 4) is 0 Å². The highest BCUT2D eigenvalue weighted by Gasteiger charge is 2.52. The molecule has 1 aliphatic heterocycles. The summed E-state index contributed by atoms with van der Waals surface area (Å²) in [6.07, 6.45) is 0. The van der Waals surface area contributed by atoms with Crippen molar-refractivity contribution < 1.29 is 13.7 Å². The summed E-state index contributed by atoms with van der Waals surface area (Å²) in [6.45, 7) is 8.32. The molecule has 4 aromatic rings. The van der Waals surface area contributed by atoms with Gasteiger partial charge in [-0.2, -0.15) is 0 Å². The molecule has 0 amide bonds. The average Bonchev–Trinajstić information content (AvgIpc) is 3.15. The zero-order valence-corrected chi connectivity index (χ0v) is 15.6. The minimum Gasteiger partial charge on any atom is -0.455 e. The highest BCUT2D eigenvalue weighted by Crippen LogP contribution is 2.42. The van der Waals surface area contributed by atoms with Crippen molar-refractivity contribution in [3.63, 3.8) is 0 Å². The first-order chi connectivity index (χ1) is 11.9. The van der Waals surface area contributed by atoms with Crippen LogP contribution in [0.2, 0.25) is 0 Å². The van der Waals surface area contributed by atoms with Crippen molar-refractivity contribution >= 4 is 55.3 Å². The van der Waals surface area contributed by atoms with Crippen LogP contribution in [0.4, 0.5) is 0 Å². The predicted molar refractivity (Wildman–Crippen MR) is 105 cm³/mol. The largest absolute Gasteiger partial charge is 0.495 e. The molecule has 0 radical (unpaired) electrons. The fraction of sp³-hybridized carbons (Fsp3) is 0.300. The molecule has 0 atom stereocenters. The van der Waals surface area contributed by atoms with Gasteiger partial charge in [0.2, 0.25) is 0 Å². The van der Waals surface area contributed by atoms with Crippen LogP contribution in [0.25, 0.3) is 31.3 Å². The van der Waals surface area contributed by atoms with Crippen molar-refractivity contribution in [3.05, 3.63) is 42.5 Å². The topological polar surface area (TPSA) is 31.6 Å². The maximum Gasteiger partial charge on any atom is 0.495 e. The van der Waals surface area contributed by atoms with Crippen LogP contribution in [0, 0.1) is 0 Å². The Labute approximate surface area is 150 Å². The van der Waals surface area contributed by atoms with Crippen LogP contribution in [0.3, 0.4) is 0 Å². The maximum atomic E-state index is 6.29. The Kier molecular flexibility index (Phi) is 3.01. The Morgan fingerprint density at radius 3 is 2.36 bits per heavy atom. The van der Waals surface area contributed by atoms with E-state index in [1.807, 2.05) is 12.1 Å². The number of hydrogen-bond acceptors (Lipinski definition) is 4. The number of fused-ring (bicyclic) bond motifs is 5. The van der Waals surface area contributed by atoms with Gasteiger partial charge in [-0.3, -0.25) is 0 Å². The summed E-state index contributed by atoms with van der Waals surface area (Å²) in [4.78, 5) is 0. The molecule has 5 rings (SSSR count). The van der Waals surface area contributed by atoms with Gasteiger partial charge in [-0.05, 0) is 51.4 Å². The van der Waals surface area contributed by atoms with Crippen molar-refractivity contribution in [1.29, 1.82) is 0 Å². The molecule has 5 heteroatoms. The summed E-state index contributed by atoms with van der Waals surface area (Å²) in [5.41, 5.74) is 2.17. The smallest absolute Gasteiger partial charge is 0.455 e. The van der Waals surface area contributed by atoms with Gasteiger partial charge in [-0.25, -0.2) is 0 Å². The fourth-order valence-electron chi connectivity index (χ4n) is 3.44. The Morgan fingerprint density at radius 1 is 0.880 bits per heavy atom. The van der Waals surface area contributed by atoms with Gasteiger partial charge in [0, 0.05) is 15.5 Å². The number of benzene rings is 2. The molecule has 0 saturated carbocycles. The van der Waals surface area contributed by atoms with Gasteiger partial charge in [0.1, 0.15) is 5.58 Å². The van der Waals surface area contributed by atoms with E-state index in [1.54, 1.807) is 11.3 Å². The monoisotopic (exact) mass is 350 g/mol. The van der Waals surface area contributed by atoms with Crippen molar-refractivity contribution in [2.75, 3.05) is 0 Å². The van der Waals surface area contributed by atoms with E-state index in [2.05, 4.69) is 58.0 Å². The van der Waals surface area contributed by atoms with Crippen LogP contribution in [-0.2, 0) is 9.31 Å². The molecule has 3 heterocycles. The number of rotatable bonds is 1. The lowest BCUT2D eigenvalue weighted by atomic mass is 9.77. The zero-order chi connectivity index (χ0) is 17.4. The van der Waals surface area contributed by atoms with E-state index in [4.69, 9.17) is 13.7 Å². The van der Waals surface area contributed by atoms with E-state index < -0.39 is 0 Å². The molecule has 1 fully saturated rings. The van der Waals surface area contributed by atoms with Crippen molar-refractivity contribution in [2.45, 2.75) is 38.9 Å².